The van der Waals surface area contributed by atoms with Crippen LogP contribution in [-0.2, 0) is 20.5 Å². The Morgan fingerprint density at radius 3 is 2.56 bits per heavy atom. The van der Waals surface area contributed by atoms with Gasteiger partial charge in [-0.25, -0.2) is 4.79 Å². The molecule has 1 aromatic carbocycles. The lowest BCUT2D eigenvalue weighted by Crippen LogP contribution is -2.65. The number of hydrogen-bond donors (Lipinski definition) is 0. The van der Waals surface area contributed by atoms with Crippen LogP contribution in [0.1, 0.15) is 70.3 Å². The van der Waals surface area contributed by atoms with Gasteiger partial charge >= 0.3 is 13.1 Å². The van der Waals surface area contributed by atoms with Gasteiger partial charge in [-0.3, -0.25) is 0 Å². The topological polar surface area (TPSA) is 54.0 Å². The molecule has 3 aliphatic carbocycles. The van der Waals surface area contributed by atoms with Gasteiger partial charge in [-0.15, -0.1) is 11.6 Å². The van der Waals surface area contributed by atoms with Crippen LogP contribution in [0, 0.1) is 17.3 Å². The molecule has 5 atom stereocenters. The Bertz CT molecular complexity index is 914. The summed E-state index contributed by atoms with van der Waals surface area (Å²) in [4.78, 5) is 12.8. The average Bonchev–Trinajstić information content (AvgIpc) is 3.04. The van der Waals surface area contributed by atoms with Crippen LogP contribution in [0.4, 0.5) is 0 Å². The Hall–Kier alpha value is -0.945. The normalized spacial score (nSPS) is 31.5. The number of benzene rings is 1. The molecule has 176 valence electrons. The largest absolute Gasteiger partial charge is 0.496 e. The minimum Gasteiger partial charge on any atom is -0.496 e. The first-order valence-electron chi connectivity index (χ1n) is 11.3. The molecule has 1 aliphatic heterocycles. The van der Waals surface area contributed by atoms with Crippen molar-refractivity contribution in [1.82, 2.24) is 0 Å². The molecule has 0 amide bonds. The highest BCUT2D eigenvalue weighted by molar-refractivity contribution is 6.60. The van der Waals surface area contributed by atoms with Crippen LogP contribution in [0.5, 0.6) is 5.75 Å². The molecule has 1 saturated heterocycles. The highest BCUT2D eigenvalue weighted by Crippen LogP contribution is 2.65. The van der Waals surface area contributed by atoms with Gasteiger partial charge in [0.2, 0.25) is 0 Å². The third kappa shape index (κ3) is 3.95. The highest BCUT2D eigenvalue weighted by atomic mass is 35.5. The van der Waals surface area contributed by atoms with E-state index in [4.69, 9.17) is 42.0 Å². The van der Waals surface area contributed by atoms with E-state index in [0.717, 1.165) is 12.0 Å². The van der Waals surface area contributed by atoms with E-state index in [0.29, 0.717) is 24.0 Å². The summed E-state index contributed by atoms with van der Waals surface area (Å²) in [6.07, 6.45) is 2.67. The van der Waals surface area contributed by atoms with Crippen molar-refractivity contribution in [3.63, 3.8) is 0 Å². The second kappa shape index (κ2) is 8.07. The molecule has 0 radical (unpaired) electrons. The third-order valence-corrected chi connectivity index (χ3v) is 8.35. The van der Waals surface area contributed by atoms with Crippen molar-refractivity contribution in [3.05, 3.63) is 28.3 Å². The molecule has 1 heterocycles. The van der Waals surface area contributed by atoms with E-state index in [1.165, 1.54) is 13.5 Å². The van der Waals surface area contributed by atoms with Gasteiger partial charge in [-0.1, -0.05) is 31.5 Å². The molecule has 2 bridgehead atoms. The van der Waals surface area contributed by atoms with Crippen LogP contribution in [0.25, 0.3) is 0 Å². The number of rotatable bonds is 5. The van der Waals surface area contributed by atoms with Crippen LogP contribution < -0.4 is 4.74 Å². The molecule has 5 nitrogen and oxygen atoms in total. The fraction of sp³-hybridized carbons (Fsp3) is 0.708. The third-order valence-electron chi connectivity index (χ3n) is 7.67. The summed E-state index contributed by atoms with van der Waals surface area (Å²) < 4.78 is 24.0. The van der Waals surface area contributed by atoms with Gasteiger partial charge < -0.3 is 18.8 Å². The second-order valence-corrected chi connectivity index (χ2v) is 12.1. The zero-order valence-corrected chi connectivity index (χ0v) is 21.5. The summed E-state index contributed by atoms with van der Waals surface area (Å²) >= 11 is 13.2. The summed E-state index contributed by atoms with van der Waals surface area (Å²) in [5.74, 6) is 0.995. The minimum absolute atomic E-state index is 0.0648. The van der Waals surface area contributed by atoms with Crippen molar-refractivity contribution >= 4 is 36.3 Å². The maximum atomic E-state index is 12.8. The van der Waals surface area contributed by atoms with Crippen LogP contribution in [0.3, 0.4) is 0 Å². The number of carbonyl (C=O) groups excluding carboxylic acids is 1. The van der Waals surface area contributed by atoms with Gasteiger partial charge in [-0.05, 0) is 75.8 Å². The first-order chi connectivity index (χ1) is 14.8. The Morgan fingerprint density at radius 2 is 1.97 bits per heavy atom. The van der Waals surface area contributed by atoms with Crippen molar-refractivity contribution in [1.29, 1.82) is 0 Å². The van der Waals surface area contributed by atoms with Gasteiger partial charge in [0.1, 0.15) is 16.9 Å². The predicted octanol–water partition coefficient (Wildman–Crippen LogP) is 5.72. The van der Waals surface area contributed by atoms with Crippen molar-refractivity contribution in [2.45, 2.75) is 83.4 Å². The fourth-order valence-electron chi connectivity index (χ4n) is 5.87. The lowest BCUT2D eigenvalue weighted by molar-refractivity contribution is -0.199. The highest BCUT2D eigenvalue weighted by Gasteiger charge is 2.68. The molecular weight excluding hydrogens is 450 g/mol. The summed E-state index contributed by atoms with van der Waals surface area (Å²) in [6, 6.07) is 3.51. The van der Waals surface area contributed by atoms with E-state index >= 15 is 0 Å². The Kier molecular flexibility index (Phi) is 6.10. The molecule has 5 rings (SSSR count). The predicted molar refractivity (Wildman–Crippen MR) is 127 cm³/mol. The lowest BCUT2D eigenvalue weighted by atomic mass is 9.43. The molecule has 4 aliphatic rings. The molecular formula is C24H33BCl2O5. The van der Waals surface area contributed by atoms with Gasteiger partial charge in [0.05, 0.1) is 29.1 Å². The second-order valence-electron chi connectivity index (χ2n) is 11.2. The van der Waals surface area contributed by atoms with Crippen LogP contribution in [0.2, 0.25) is 5.02 Å². The molecule has 0 spiro atoms. The van der Waals surface area contributed by atoms with Crippen LogP contribution >= 0.6 is 23.2 Å². The number of ether oxygens (including phenoxy) is 2. The van der Waals surface area contributed by atoms with Gasteiger partial charge in [0.15, 0.2) is 0 Å². The maximum Gasteiger partial charge on any atom is 0.477 e. The van der Waals surface area contributed by atoms with Crippen molar-refractivity contribution < 1.29 is 23.6 Å². The Labute approximate surface area is 201 Å². The summed E-state index contributed by atoms with van der Waals surface area (Å²) in [5.41, 5.74) is 0.272. The van der Waals surface area contributed by atoms with E-state index in [1.54, 1.807) is 6.07 Å². The van der Waals surface area contributed by atoms with E-state index in [9.17, 15) is 4.79 Å². The average molecular weight is 483 g/mol. The first-order valence-corrected chi connectivity index (χ1v) is 12.2. The van der Waals surface area contributed by atoms with E-state index in [1.807, 2.05) is 26.8 Å². The van der Waals surface area contributed by atoms with E-state index in [-0.39, 0.29) is 27.7 Å². The first kappa shape index (κ1) is 24.2. The molecule has 4 fully saturated rings. The molecule has 2 unspecified atom stereocenters. The van der Waals surface area contributed by atoms with Gasteiger partial charge in [0.25, 0.3) is 0 Å². The Balaban J connectivity index is 1.54. The van der Waals surface area contributed by atoms with E-state index < -0.39 is 24.0 Å². The summed E-state index contributed by atoms with van der Waals surface area (Å²) in [6.45, 7) is 12.3. The SMILES string of the molecule is COc1c(CC(Cl)B2OC3C[C@H]4C[C@@H](C4(C)C)[C@]3(C)O2)ccc(Cl)c1C(=O)OC(C)(C)C. The van der Waals surface area contributed by atoms with Crippen molar-refractivity contribution in [3.8, 4) is 5.75 Å². The molecule has 1 aromatic rings. The molecule has 0 N–H and O–H groups in total. The van der Waals surface area contributed by atoms with E-state index in [2.05, 4.69) is 20.8 Å². The standard InChI is InChI=1S/C24H33BCl2O5/c1-22(2,3)30-21(28)19-15(26)9-8-13(20(19)29-7)10-18(27)25-31-17-12-14-11-16(23(14,4)5)24(17,6)32-25/h8-9,14,16-18H,10-12H2,1-7H3/t14-,16+,17?,18?,24+/m1/s1. The number of carbonyl (C=O) groups is 1. The maximum absolute atomic E-state index is 12.8. The summed E-state index contributed by atoms with van der Waals surface area (Å²) in [7, 11) is 0.993. The summed E-state index contributed by atoms with van der Waals surface area (Å²) in [5, 5.41) is -0.167. The molecule has 0 aromatic heterocycles. The van der Waals surface area contributed by atoms with Gasteiger partial charge in [-0.2, -0.15) is 0 Å². The molecule has 8 heteroatoms. The lowest BCUT2D eigenvalue weighted by Gasteiger charge is -2.64. The van der Waals surface area contributed by atoms with Gasteiger partial charge in [0, 0.05) is 0 Å². The molecule has 32 heavy (non-hydrogen) atoms. The zero-order chi connectivity index (χ0) is 23.6. The Morgan fingerprint density at radius 1 is 1.28 bits per heavy atom. The van der Waals surface area contributed by atoms with Crippen LogP contribution in [-0.4, -0.2) is 42.8 Å². The monoisotopic (exact) mass is 482 g/mol. The number of alkyl halides is 1. The van der Waals surface area contributed by atoms with Crippen molar-refractivity contribution in [2.24, 2.45) is 17.3 Å². The quantitative estimate of drug-likeness (QED) is 0.305. The fourth-order valence-corrected chi connectivity index (χ4v) is 6.38. The zero-order valence-electron chi connectivity index (χ0n) is 20.0. The van der Waals surface area contributed by atoms with Crippen LogP contribution in [0.15, 0.2) is 12.1 Å². The number of methoxy groups -OCH3 is 1. The molecule has 3 saturated carbocycles. The number of halogens is 2. The van der Waals surface area contributed by atoms with Crippen molar-refractivity contribution in [2.75, 3.05) is 7.11 Å². The smallest absolute Gasteiger partial charge is 0.477 e. The number of hydrogen-bond acceptors (Lipinski definition) is 5. The minimum atomic E-state index is -0.651. The number of esters is 1.